The summed E-state index contributed by atoms with van der Waals surface area (Å²) < 4.78 is 22.8. The highest BCUT2D eigenvalue weighted by Crippen LogP contribution is 2.27. The molecule has 0 spiro atoms. The average molecular weight is 475 g/mol. The van der Waals surface area contributed by atoms with Crippen molar-refractivity contribution in [2.75, 3.05) is 39.9 Å². The van der Waals surface area contributed by atoms with Crippen LogP contribution in [-0.4, -0.2) is 55.2 Å². The number of anilines is 1. The zero-order valence-corrected chi connectivity index (χ0v) is 19.7. The third-order valence-corrected chi connectivity index (χ3v) is 5.16. The molecule has 1 N–H and O–H groups in total. The van der Waals surface area contributed by atoms with Crippen LogP contribution in [0.15, 0.2) is 72.8 Å². The van der Waals surface area contributed by atoms with Crippen molar-refractivity contribution in [3.05, 3.63) is 78.4 Å². The maximum Gasteiger partial charge on any atom is 0.336 e. The molecule has 4 aromatic rings. The van der Waals surface area contributed by atoms with Crippen LogP contribution in [-0.2, 0) is 4.74 Å². The molecule has 0 atom stereocenters. The Bertz CT molecular complexity index is 1270. The molecule has 4 rings (SSSR count). The molecule has 0 unspecified atom stereocenters. The van der Waals surface area contributed by atoms with Crippen molar-refractivity contribution in [3.63, 3.8) is 0 Å². The molecule has 0 aliphatic carbocycles. The molecule has 0 aliphatic heterocycles. The zero-order chi connectivity index (χ0) is 24.6. The van der Waals surface area contributed by atoms with Crippen molar-refractivity contribution in [1.82, 2.24) is 14.8 Å². The van der Waals surface area contributed by atoms with E-state index in [1.165, 1.54) is 0 Å². The van der Waals surface area contributed by atoms with E-state index in [2.05, 4.69) is 15.4 Å². The maximum atomic E-state index is 12.7. The normalized spacial score (nSPS) is 10.6. The summed E-state index contributed by atoms with van der Waals surface area (Å²) >= 11 is 0. The van der Waals surface area contributed by atoms with Gasteiger partial charge in [0.2, 0.25) is 0 Å². The first-order valence-corrected chi connectivity index (χ1v) is 10.9. The molecule has 180 valence electrons. The van der Waals surface area contributed by atoms with Crippen LogP contribution in [0.25, 0.3) is 17.1 Å². The van der Waals surface area contributed by atoms with Crippen molar-refractivity contribution in [2.24, 2.45) is 0 Å². The molecule has 0 aliphatic rings. The van der Waals surface area contributed by atoms with Gasteiger partial charge in [0.15, 0.2) is 5.82 Å². The number of nitrogens with one attached hydrogen (secondary N) is 1. The number of ether oxygens (including phenoxy) is 4. The summed E-state index contributed by atoms with van der Waals surface area (Å²) in [6, 6.07) is 22.0. The molecule has 0 bridgehead atoms. The van der Waals surface area contributed by atoms with Gasteiger partial charge in [0, 0.05) is 23.9 Å². The van der Waals surface area contributed by atoms with Crippen molar-refractivity contribution in [1.29, 1.82) is 0 Å². The van der Waals surface area contributed by atoms with Crippen LogP contribution in [0.4, 0.5) is 5.69 Å². The fourth-order valence-electron chi connectivity index (χ4n) is 3.34. The van der Waals surface area contributed by atoms with Crippen LogP contribution >= 0.6 is 0 Å². The second-order valence-electron chi connectivity index (χ2n) is 7.43. The Morgan fingerprint density at radius 1 is 0.886 bits per heavy atom. The number of amides is 1. The van der Waals surface area contributed by atoms with E-state index >= 15 is 0 Å². The maximum absolute atomic E-state index is 12.7. The monoisotopic (exact) mass is 474 g/mol. The molecule has 0 saturated heterocycles. The largest absolute Gasteiger partial charge is 0.497 e. The third-order valence-electron chi connectivity index (χ3n) is 5.16. The van der Waals surface area contributed by atoms with Crippen molar-refractivity contribution in [2.45, 2.75) is 0 Å². The Balaban J connectivity index is 1.63. The van der Waals surface area contributed by atoms with E-state index in [1.807, 2.05) is 48.5 Å². The summed E-state index contributed by atoms with van der Waals surface area (Å²) in [5.41, 5.74) is 2.66. The Hall–Kier alpha value is -4.37. The summed E-state index contributed by atoms with van der Waals surface area (Å²) in [4.78, 5) is 17.3. The van der Waals surface area contributed by atoms with E-state index in [9.17, 15) is 4.79 Å². The van der Waals surface area contributed by atoms with Crippen LogP contribution < -0.4 is 19.5 Å². The highest BCUT2D eigenvalue weighted by molar-refractivity contribution is 6.04. The highest BCUT2D eigenvalue weighted by Gasteiger charge is 2.16. The number of carbonyl (C=O) groups excluding carboxylic acids is 1. The van der Waals surface area contributed by atoms with Crippen LogP contribution in [0.2, 0.25) is 0 Å². The molecule has 3 aromatic carbocycles. The van der Waals surface area contributed by atoms with Crippen LogP contribution in [0.1, 0.15) is 10.4 Å². The van der Waals surface area contributed by atoms with E-state index in [-0.39, 0.29) is 11.9 Å². The summed E-state index contributed by atoms with van der Waals surface area (Å²) in [5.74, 6) is 1.77. The molecular formula is C26H26N4O5. The minimum absolute atomic E-state index is 0.223. The van der Waals surface area contributed by atoms with E-state index in [4.69, 9.17) is 18.9 Å². The van der Waals surface area contributed by atoms with Gasteiger partial charge < -0.3 is 24.3 Å². The minimum atomic E-state index is -0.234. The van der Waals surface area contributed by atoms with Crippen molar-refractivity contribution in [3.8, 4) is 34.6 Å². The Labute approximate surface area is 203 Å². The lowest BCUT2D eigenvalue weighted by Gasteiger charge is -2.10. The Morgan fingerprint density at radius 2 is 1.57 bits per heavy atom. The number of rotatable bonds is 10. The molecule has 0 radical (unpaired) electrons. The lowest BCUT2D eigenvalue weighted by atomic mass is 10.2. The smallest absolute Gasteiger partial charge is 0.336 e. The standard InChI is InChI=1S/C26H26N4O5/c1-32-15-16-35-26-28-24(18-7-11-22(33-2)12-8-18)30(29-26)21-6-4-5-20(17-21)27-25(31)19-9-13-23(34-3)14-10-19/h4-14,17H,15-16H2,1-3H3,(H,27,31). The lowest BCUT2D eigenvalue weighted by molar-refractivity contribution is 0.102. The van der Waals surface area contributed by atoms with E-state index in [1.54, 1.807) is 50.3 Å². The molecule has 1 amide bonds. The summed E-state index contributed by atoms with van der Waals surface area (Å²) in [5, 5.41) is 7.46. The van der Waals surface area contributed by atoms with E-state index in [0.717, 1.165) is 11.3 Å². The topological polar surface area (TPSA) is 96.7 Å². The van der Waals surface area contributed by atoms with Gasteiger partial charge in [-0.3, -0.25) is 4.79 Å². The van der Waals surface area contributed by atoms with Gasteiger partial charge in [0.25, 0.3) is 5.91 Å². The van der Waals surface area contributed by atoms with Crippen LogP contribution in [0, 0.1) is 0 Å². The Morgan fingerprint density at radius 3 is 2.23 bits per heavy atom. The van der Waals surface area contributed by atoms with Gasteiger partial charge >= 0.3 is 6.01 Å². The van der Waals surface area contributed by atoms with Crippen LogP contribution in [0.5, 0.6) is 17.5 Å². The molecular weight excluding hydrogens is 448 g/mol. The number of benzene rings is 3. The molecule has 9 heteroatoms. The number of hydrogen-bond acceptors (Lipinski definition) is 7. The number of methoxy groups -OCH3 is 3. The lowest BCUT2D eigenvalue weighted by Crippen LogP contribution is -2.12. The minimum Gasteiger partial charge on any atom is -0.497 e. The quantitative estimate of drug-likeness (QED) is 0.344. The number of aromatic nitrogens is 3. The number of carbonyl (C=O) groups is 1. The van der Waals surface area contributed by atoms with Gasteiger partial charge in [0.1, 0.15) is 18.1 Å². The predicted octanol–water partition coefficient (Wildman–Crippen LogP) is 4.23. The zero-order valence-electron chi connectivity index (χ0n) is 19.7. The first kappa shape index (κ1) is 23.8. The fraction of sp³-hybridized carbons (Fsp3) is 0.192. The van der Waals surface area contributed by atoms with Gasteiger partial charge in [-0.25, -0.2) is 4.68 Å². The summed E-state index contributed by atoms with van der Waals surface area (Å²) in [6.45, 7) is 0.736. The number of hydrogen-bond donors (Lipinski definition) is 1. The molecule has 35 heavy (non-hydrogen) atoms. The van der Waals surface area contributed by atoms with E-state index < -0.39 is 0 Å². The average Bonchev–Trinajstić information content (AvgIpc) is 3.33. The van der Waals surface area contributed by atoms with Gasteiger partial charge in [-0.2, -0.15) is 4.98 Å². The third kappa shape index (κ3) is 5.77. The molecule has 1 heterocycles. The number of nitrogens with zero attached hydrogens (tertiary/aromatic N) is 3. The highest BCUT2D eigenvalue weighted by atomic mass is 16.5. The van der Waals surface area contributed by atoms with Crippen LogP contribution in [0.3, 0.4) is 0 Å². The van der Waals surface area contributed by atoms with E-state index in [0.29, 0.717) is 41.7 Å². The van der Waals surface area contributed by atoms with Gasteiger partial charge in [-0.15, -0.1) is 5.10 Å². The van der Waals surface area contributed by atoms with Crippen molar-refractivity contribution < 1.29 is 23.7 Å². The molecule has 0 fully saturated rings. The van der Waals surface area contributed by atoms with Gasteiger partial charge in [-0.05, 0) is 66.7 Å². The van der Waals surface area contributed by atoms with Crippen molar-refractivity contribution >= 4 is 11.6 Å². The SMILES string of the molecule is COCCOc1nc(-c2ccc(OC)cc2)n(-c2cccc(NC(=O)c3ccc(OC)cc3)c2)n1. The predicted molar refractivity (Wildman–Crippen MR) is 132 cm³/mol. The first-order valence-electron chi connectivity index (χ1n) is 10.9. The Kier molecular flexibility index (Phi) is 7.59. The summed E-state index contributed by atoms with van der Waals surface area (Å²) in [6.07, 6.45) is 0. The fourth-order valence-corrected chi connectivity index (χ4v) is 3.34. The van der Waals surface area contributed by atoms with Gasteiger partial charge in [-0.1, -0.05) is 6.07 Å². The molecule has 9 nitrogen and oxygen atoms in total. The second kappa shape index (κ2) is 11.2. The summed E-state index contributed by atoms with van der Waals surface area (Å²) in [7, 11) is 4.80. The molecule has 1 aromatic heterocycles. The first-order chi connectivity index (χ1) is 17.1. The second-order valence-corrected chi connectivity index (χ2v) is 7.43. The van der Waals surface area contributed by atoms with Gasteiger partial charge in [0.05, 0.1) is 26.5 Å². The molecule has 0 saturated carbocycles.